The van der Waals surface area contributed by atoms with Gasteiger partial charge in [0.05, 0.1) is 12.1 Å². The van der Waals surface area contributed by atoms with Crippen molar-refractivity contribution in [1.29, 1.82) is 0 Å². The van der Waals surface area contributed by atoms with Crippen molar-refractivity contribution in [2.75, 3.05) is 4.90 Å². The van der Waals surface area contributed by atoms with E-state index in [1.807, 2.05) is 35.2 Å². The molecular formula is C19H27NO2. The summed E-state index contributed by atoms with van der Waals surface area (Å²) in [6.07, 6.45) is 8.32. The van der Waals surface area contributed by atoms with Crippen LogP contribution in [-0.4, -0.2) is 17.1 Å². The minimum atomic E-state index is -0.407. The summed E-state index contributed by atoms with van der Waals surface area (Å²) in [4.78, 5) is 13.8. The highest BCUT2D eigenvalue weighted by Gasteiger charge is 2.29. The summed E-state index contributed by atoms with van der Waals surface area (Å²) in [5.41, 5.74) is 1.83. The normalized spacial score (nSPS) is 19.5. The Labute approximate surface area is 133 Å². The highest BCUT2D eigenvalue weighted by molar-refractivity contribution is 5.96. The van der Waals surface area contributed by atoms with Gasteiger partial charge in [-0.1, -0.05) is 50.8 Å². The van der Waals surface area contributed by atoms with E-state index >= 15 is 0 Å². The predicted octanol–water partition coefficient (Wildman–Crippen LogP) is 4.37. The molecule has 0 saturated carbocycles. The third-order valence-corrected chi connectivity index (χ3v) is 4.41. The monoisotopic (exact) mass is 301 g/mol. The Morgan fingerprint density at radius 3 is 2.68 bits per heavy atom. The maximum absolute atomic E-state index is 12.0. The van der Waals surface area contributed by atoms with Crippen LogP contribution in [0.15, 0.2) is 36.9 Å². The number of unbranched alkanes of at least 4 members (excludes halogenated alkanes) is 3. The number of rotatable bonds is 8. The molecule has 1 aliphatic heterocycles. The molecule has 1 heterocycles. The largest absolute Gasteiger partial charge is 0.388 e. The number of aliphatic hydroxyl groups excluding tert-OH is 1. The molecule has 0 spiro atoms. The Balaban J connectivity index is 1.97. The molecule has 1 aromatic carbocycles. The second kappa shape index (κ2) is 8.14. The van der Waals surface area contributed by atoms with Crippen molar-refractivity contribution in [3.63, 3.8) is 0 Å². The van der Waals surface area contributed by atoms with Gasteiger partial charge < -0.3 is 10.0 Å². The fraction of sp³-hybridized carbons (Fsp3) is 0.526. The van der Waals surface area contributed by atoms with E-state index in [0.29, 0.717) is 6.42 Å². The van der Waals surface area contributed by atoms with E-state index in [1.54, 1.807) is 0 Å². The third-order valence-electron chi connectivity index (χ3n) is 4.41. The molecular weight excluding hydrogens is 274 g/mol. The van der Waals surface area contributed by atoms with Crippen LogP contribution in [0.5, 0.6) is 0 Å². The lowest BCUT2D eigenvalue weighted by molar-refractivity contribution is -0.117. The second-order valence-electron chi connectivity index (χ2n) is 6.06. The standard InChI is InChI=1S/C19H27NO2/c1-3-5-6-7-8-18(21)15-9-11-17(12-10-15)20-16(4-2)13-14-19(20)22/h4,9-12,16,18,21H,2-3,5-8,13-14H2,1H3. The van der Waals surface area contributed by atoms with Gasteiger partial charge in [0.1, 0.15) is 0 Å². The summed E-state index contributed by atoms with van der Waals surface area (Å²) in [7, 11) is 0. The summed E-state index contributed by atoms with van der Waals surface area (Å²) >= 11 is 0. The van der Waals surface area contributed by atoms with Crippen molar-refractivity contribution < 1.29 is 9.90 Å². The summed E-state index contributed by atoms with van der Waals surface area (Å²) in [6.45, 7) is 6.00. The average Bonchev–Trinajstić information content (AvgIpc) is 2.92. The molecule has 0 aromatic heterocycles. The van der Waals surface area contributed by atoms with E-state index in [9.17, 15) is 9.90 Å². The lowest BCUT2D eigenvalue weighted by atomic mass is 10.0. The average molecular weight is 301 g/mol. The summed E-state index contributed by atoms with van der Waals surface area (Å²) in [6, 6.07) is 7.84. The molecule has 0 bridgehead atoms. The van der Waals surface area contributed by atoms with Gasteiger partial charge in [0.15, 0.2) is 0 Å². The van der Waals surface area contributed by atoms with E-state index in [1.165, 1.54) is 19.3 Å². The van der Waals surface area contributed by atoms with Crippen molar-refractivity contribution in [3.05, 3.63) is 42.5 Å². The molecule has 0 radical (unpaired) electrons. The van der Waals surface area contributed by atoms with Crippen molar-refractivity contribution in [1.82, 2.24) is 0 Å². The van der Waals surface area contributed by atoms with Crippen molar-refractivity contribution >= 4 is 11.6 Å². The predicted molar refractivity (Wildman–Crippen MR) is 90.9 cm³/mol. The number of aliphatic hydroxyl groups is 1. The number of carbonyl (C=O) groups is 1. The van der Waals surface area contributed by atoms with Crippen LogP contribution >= 0.6 is 0 Å². The van der Waals surface area contributed by atoms with Crippen LogP contribution < -0.4 is 4.90 Å². The minimum absolute atomic E-state index is 0.0947. The fourth-order valence-corrected chi connectivity index (χ4v) is 3.05. The highest BCUT2D eigenvalue weighted by atomic mass is 16.3. The quantitative estimate of drug-likeness (QED) is 0.572. The van der Waals surface area contributed by atoms with Crippen LogP contribution in [0.3, 0.4) is 0 Å². The molecule has 2 unspecified atom stereocenters. The number of nitrogens with zero attached hydrogens (tertiary/aromatic N) is 1. The smallest absolute Gasteiger partial charge is 0.227 e. The van der Waals surface area contributed by atoms with Crippen LogP contribution in [0.1, 0.15) is 63.5 Å². The summed E-state index contributed by atoms with van der Waals surface area (Å²) in [5.74, 6) is 0.151. The van der Waals surface area contributed by atoms with E-state index in [0.717, 1.165) is 30.5 Å². The molecule has 2 rings (SSSR count). The Morgan fingerprint density at radius 2 is 2.05 bits per heavy atom. The van der Waals surface area contributed by atoms with Gasteiger partial charge >= 0.3 is 0 Å². The first-order valence-electron chi connectivity index (χ1n) is 8.40. The second-order valence-corrected chi connectivity index (χ2v) is 6.06. The summed E-state index contributed by atoms with van der Waals surface area (Å²) < 4.78 is 0. The topological polar surface area (TPSA) is 40.5 Å². The van der Waals surface area contributed by atoms with E-state index < -0.39 is 6.10 Å². The molecule has 1 amide bonds. The Morgan fingerprint density at radius 1 is 1.32 bits per heavy atom. The number of carbonyl (C=O) groups excluding carboxylic acids is 1. The molecule has 120 valence electrons. The van der Waals surface area contributed by atoms with Crippen molar-refractivity contribution in [2.45, 2.75) is 64.0 Å². The van der Waals surface area contributed by atoms with Gasteiger partial charge in [0.2, 0.25) is 5.91 Å². The summed E-state index contributed by atoms with van der Waals surface area (Å²) in [5, 5.41) is 10.2. The molecule has 1 N–H and O–H groups in total. The van der Waals surface area contributed by atoms with Crippen LogP contribution in [-0.2, 0) is 4.79 Å². The van der Waals surface area contributed by atoms with Crippen LogP contribution in [0, 0.1) is 0 Å². The number of amides is 1. The SMILES string of the molecule is C=CC1CCC(=O)N1c1ccc(C(O)CCCCCC)cc1. The van der Waals surface area contributed by atoms with E-state index in [-0.39, 0.29) is 11.9 Å². The molecule has 1 fully saturated rings. The number of hydrogen-bond donors (Lipinski definition) is 1. The third kappa shape index (κ3) is 3.98. The Hall–Kier alpha value is -1.61. The zero-order chi connectivity index (χ0) is 15.9. The van der Waals surface area contributed by atoms with E-state index in [2.05, 4.69) is 13.5 Å². The highest BCUT2D eigenvalue weighted by Crippen LogP contribution is 2.29. The maximum atomic E-state index is 12.0. The van der Waals surface area contributed by atoms with Crippen molar-refractivity contribution in [3.8, 4) is 0 Å². The first-order valence-corrected chi connectivity index (χ1v) is 8.40. The molecule has 22 heavy (non-hydrogen) atoms. The minimum Gasteiger partial charge on any atom is -0.388 e. The van der Waals surface area contributed by atoms with Crippen molar-refractivity contribution in [2.24, 2.45) is 0 Å². The molecule has 1 aliphatic rings. The first kappa shape index (κ1) is 16.8. The zero-order valence-corrected chi connectivity index (χ0v) is 13.5. The van der Waals surface area contributed by atoms with Gasteiger partial charge in [0.25, 0.3) is 0 Å². The lowest BCUT2D eigenvalue weighted by Crippen LogP contribution is -2.31. The van der Waals surface area contributed by atoms with Gasteiger partial charge in [-0.15, -0.1) is 6.58 Å². The van der Waals surface area contributed by atoms with Gasteiger partial charge in [-0.05, 0) is 30.5 Å². The Bertz CT molecular complexity index is 495. The Kier molecular flexibility index (Phi) is 6.20. The number of hydrogen-bond acceptors (Lipinski definition) is 2. The molecule has 3 nitrogen and oxygen atoms in total. The molecule has 2 atom stereocenters. The zero-order valence-electron chi connectivity index (χ0n) is 13.5. The van der Waals surface area contributed by atoms with Crippen LogP contribution in [0.2, 0.25) is 0 Å². The first-order chi connectivity index (χ1) is 10.7. The number of benzene rings is 1. The lowest BCUT2D eigenvalue weighted by Gasteiger charge is -2.23. The van der Waals surface area contributed by atoms with E-state index in [4.69, 9.17) is 0 Å². The fourth-order valence-electron chi connectivity index (χ4n) is 3.05. The number of anilines is 1. The van der Waals surface area contributed by atoms with Gasteiger partial charge in [-0.2, -0.15) is 0 Å². The molecule has 0 aliphatic carbocycles. The van der Waals surface area contributed by atoms with Gasteiger partial charge in [-0.25, -0.2) is 0 Å². The molecule has 3 heteroatoms. The van der Waals surface area contributed by atoms with Crippen LogP contribution in [0.25, 0.3) is 0 Å². The van der Waals surface area contributed by atoms with Crippen LogP contribution in [0.4, 0.5) is 5.69 Å². The van der Waals surface area contributed by atoms with Gasteiger partial charge in [-0.3, -0.25) is 4.79 Å². The molecule has 1 aromatic rings. The van der Waals surface area contributed by atoms with Gasteiger partial charge in [0, 0.05) is 12.1 Å². The molecule has 1 saturated heterocycles. The maximum Gasteiger partial charge on any atom is 0.227 e.